The van der Waals surface area contributed by atoms with Gasteiger partial charge in [-0.05, 0) is 30.3 Å². The first kappa shape index (κ1) is 17.2. The number of nitro groups is 1. The summed E-state index contributed by atoms with van der Waals surface area (Å²) in [6, 6.07) is 5.95. The van der Waals surface area contributed by atoms with Crippen LogP contribution in [-0.2, 0) is 0 Å². The minimum atomic E-state index is -4.88. The second kappa shape index (κ2) is 6.52. The Hall–Kier alpha value is -3.17. The molecular formula is C14H7F4NO5. The number of rotatable bonds is 4. The molecule has 0 saturated heterocycles. The molecule has 2 aromatic rings. The number of benzene rings is 2. The van der Waals surface area contributed by atoms with Gasteiger partial charge in [-0.1, -0.05) is 0 Å². The number of nitrogens with zero attached hydrogens (tertiary/aromatic N) is 1. The highest BCUT2D eigenvalue weighted by Crippen LogP contribution is 2.28. The molecule has 0 aliphatic carbocycles. The molecule has 0 bridgehead atoms. The minimum Gasteiger partial charge on any atom is -0.415 e. The first-order valence-corrected chi connectivity index (χ1v) is 6.17. The quantitative estimate of drug-likeness (QED) is 0.276. The van der Waals surface area contributed by atoms with E-state index in [4.69, 9.17) is 4.74 Å². The van der Waals surface area contributed by atoms with Crippen LogP contribution in [0.4, 0.5) is 23.2 Å². The molecule has 0 aliphatic heterocycles. The van der Waals surface area contributed by atoms with Crippen LogP contribution < -0.4 is 9.47 Å². The molecule has 2 rings (SSSR count). The second-order valence-electron chi connectivity index (χ2n) is 4.33. The van der Waals surface area contributed by atoms with Crippen LogP contribution in [0.5, 0.6) is 11.5 Å². The van der Waals surface area contributed by atoms with Crippen molar-refractivity contribution in [3.05, 3.63) is 64.0 Å². The lowest BCUT2D eigenvalue weighted by molar-refractivity contribution is -0.385. The number of carbonyl (C=O) groups is 1. The summed E-state index contributed by atoms with van der Waals surface area (Å²) in [6.07, 6.45) is -4.88. The number of hydrogen-bond donors (Lipinski definition) is 0. The third kappa shape index (κ3) is 4.41. The molecule has 0 aliphatic rings. The van der Waals surface area contributed by atoms with E-state index in [0.717, 1.165) is 36.4 Å². The highest BCUT2D eigenvalue weighted by Gasteiger charge is 2.31. The first-order chi connectivity index (χ1) is 11.2. The van der Waals surface area contributed by atoms with Crippen LogP contribution in [0.3, 0.4) is 0 Å². The van der Waals surface area contributed by atoms with Crippen molar-refractivity contribution in [2.75, 3.05) is 0 Å². The number of alkyl halides is 3. The van der Waals surface area contributed by atoms with E-state index in [9.17, 15) is 32.5 Å². The van der Waals surface area contributed by atoms with Gasteiger partial charge in [-0.2, -0.15) is 0 Å². The van der Waals surface area contributed by atoms with Crippen LogP contribution in [-0.4, -0.2) is 17.3 Å². The van der Waals surface area contributed by atoms with Crippen molar-refractivity contribution in [3.8, 4) is 11.5 Å². The lowest BCUT2D eigenvalue weighted by Gasteiger charge is -2.09. The molecule has 2 aromatic carbocycles. The van der Waals surface area contributed by atoms with Crippen molar-refractivity contribution in [1.82, 2.24) is 0 Å². The molecule has 0 unspecified atom stereocenters. The monoisotopic (exact) mass is 345 g/mol. The highest BCUT2D eigenvalue weighted by atomic mass is 19.4. The third-order valence-corrected chi connectivity index (χ3v) is 2.64. The van der Waals surface area contributed by atoms with Gasteiger partial charge in [-0.3, -0.25) is 10.1 Å². The Labute approximate surface area is 131 Å². The summed E-state index contributed by atoms with van der Waals surface area (Å²) in [4.78, 5) is 21.8. The van der Waals surface area contributed by atoms with Gasteiger partial charge in [-0.25, -0.2) is 9.18 Å². The summed E-state index contributed by atoms with van der Waals surface area (Å²) in [5.41, 5.74) is -0.843. The van der Waals surface area contributed by atoms with Gasteiger partial charge in [0.25, 0.3) is 0 Å². The second-order valence-corrected chi connectivity index (χ2v) is 4.33. The largest absolute Gasteiger partial charge is 0.573 e. The maximum Gasteiger partial charge on any atom is 0.573 e. The number of nitro benzene ring substituents is 1. The van der Waals surface area contributed by atoms with Crippen LogP contribution in [0.25, 0.3) is 0 Å². The van der Waals surface area contributed by atoms with E-state index in [1.54, 1.807) is 0 Å². The number of hydrogen-bond acceptors (Lipinski definition) is 5. The van der Waals surface area contributed by atoms with Gasteiger partial charge >= 0.3 is 18.0 Å². The maximum atomic E-state index is 13.1. The van der Waals surface area contributed by atoms with Gasteiger partial charge < -0.3 is 9.47 Å². The minimum absolute atomic E-state index is 0.205. The summed E-state index contributed by atoms with van der Waals surface area (Å²) >= 11 is 0. The molecule has 6 nitrogen and oxygen atoms in total. The predicted molar refractivity (Wildman–Crippen MR) is 71.1 cm³/mol. The molecular weight excluding hydrogens is 338 g/mol. The summed E-state index contributed by atoms with van der Waals surface area (Å²) in [5.74, 6) is -3.16. The summed E-state index contributed by atoms with van der Waals surface area (Å²) < 4.78 is 57.6. The number of carbonyl (C=O) groups excluding carboxylic acids is 1. The SMILES string of the molecule is O=C(Oc1cc(F)ccc1[N+](=O)[O-])c1ccc(OC(F)(F)F)cc1. The van der Waals surface area contributed by atoms with Gasteiger partial charge in [0.05, 0.1) is 10.5 Å². The lowest BCUT2D eigenvalue weighted by atomic mass is 10.2. The molecule has 0 spiro atoms. The fourth-order valence-corrected chi connectivity index (χ4v) is 1.67. The van der Waals surface area contributed by atoms with Crippen molar-refractivity contribution in [1.29, 1.82) is 0 Å². The van der Waals surface area contributed by atoms with Crippen molar-refractivity contribution in [2.45, 2.75) is 6.36 Å². The number of halogens is 4. The van der Waals surface area contributed by atoms with Crippen LogP contribution in [0, 0.1) is 15.9 Å². The van der Waals surface area contributed by atoms with Crippen molar-refractivity contribution < 1.29 is 36.8 Å². The van der Waals surface area contributed by atoms with Crippen molar-refractivity contribution >= 4 is 11.7 Å². The van der Waals surface area contributed by atoms with E-state index < -0.39 is 40.3 Å². The Morgan fingerprint density at radius 2 is 1.71 bits per heavy atom. The number of ether oxygens (including phenoxy) is 2. The van der Waals surface area contributed by atoms with Gasteiger partial charge in [-0.15, -0.1) is 13.2 Å². The van der Waals surface area contributed by atoms with Gasteiger partial charge in [0.1, 0.15) is 11.6 Å². The van der Waals surface area contributed by atoms with Gasteiger partial charge in [0, 0.05) is 12.1 Å². The molecule has 0 N–H and O–H groups in total. The van der Waals surface area contributed by atoms with Gasteiger partial charge in [0.2, 0.25) is 5.75 Å². The molecule has 10 heteroatoms. The zero-order valence-corrected chi connectivity index (χ0v) is 11.5. The topological polar surface area (TPSA) is 78.7 Å². The van der Waals surface area contributed by atoms with E-state index in [0.29, 0.717) is 6.07 Å². The van der Waals surface area contributed by atoms with Crippen LogP contribution in [0.15, 0.2) is 42.5 Å². The lowest BCUT2D eigenvalue weighted by Crippen LogP contribution is -2.17. The Balaban J connectivity index is 2.19. The van der Waals surface area contributed by atoms with Crippen LogP contribution in [0.2, 0.25) is 0 Å². The highest BCUT2D eigenvalue weighted by molar-refractivity contribution is 5.91. The zero-order chi connectivity index (χ0) is 17.9. The van der Waals surface area contributed by atoms with E-state index in [-0.39, 0.29) is 5.56 Å². The number of esters is 1. The van der Waals surface area contributed by atoms with E-state index in [2.05, 4.69) is 4.74 Å². The Kier molecular flexibility index (Phi) is 4.67. The molecule has 0 saturated carbocycles. The average molecular weight is 345 g/mol. The molecule has 0 aromatic heterocycles. The fraction of sp³-hybridized carbons (Fsp3) is 0.0714. The molecule has 126 valence electrons. The summed E-state index contributed by atoms with van der Waals surface area (Å²) in [6.45, 7) is 0. The van der Waals surface area contributed by atoms with Crippen LogP contribution in [0.1, 0.15) is 10.4 Å². The maximum absolute atomic E-state index is 13.1. The van der Waals surface area contributed by atoms with Gasteiger partial charge in [0.15, 0.2) is 0 Å². The Bertz CT molecular complexity index is 774. The molecule has 0 fully saturated rings. The van der Waals surface area contributed by atoms with E-state index >= 15 is 0 Å². The summed E-state index contributed by atoms with van der Waals surface area (Å²) in [7, 11) is 0. The van der Waals surface area contributed by atoms with E-state index in [1.165, 1.54) is 0 Å². The standard InChI is InChI=1S/C14H7F4NO5/c15-9-3-6-11(19(21)22)12(7-9)23-13(20)8-1-4-10(5-2-8)24-14(16,17)18/h1-7H. The fourth-order valence-electron chi connectivity index (χ4n) is 1.67. The molecule has 24 heavy (non-hydrogen) atoms. The molecule has 0 radical (unpaired) electrons. The third-order valence-electron chi connectivity index (χ3n) is 2.64. The Morgan fingerprint density at radius 3 is 2.25 bits per heavy atom. The first-order valence-electron chi connectivity index (χ1n) is 6.17. The van der Waals surface area contributed by atoms with Crippen molar-refractivity contribution in [3.63, 3.8) is 0 Å². The smallest absolute Gasteiger partial charge is 0.415 e. The normalized spacial score (nSPS) is 11.0. The molecule has 0 amide bonds. The molecule has 0 atom stereocenters. The zero-order valence-electron chi connectivity index (χ0n) is 11.5. The molecule has 0 heterocycles. The summed E-state index contributed by atoms with van der Waals surface area (Å²) in [5, 5.41) is 10.8. The Morgan fingerprint density at radius 1 is 1.08 bits per heavy atom. The average Bonchev–Trinajstić information content (AvgIpc) is 2.46. The van der Waals surface area contributed by atoms with Crippen molar-refractivity contribution in [2.24, 2.45) is 0 Å². The van der Waals surface area contributed by atoms with E-state index in [1.807, 2.05) is 0 Å². The van der Waals surface area contributed by atoms with Crippen LogP contribution >= 0.6 is 0 Å². The predicted octanol–water partition coefficient (Wildman–Crippen LogP) is 3.85.